The Morgan fingerprint density at radius 3 is 1.56 bits per heavy atom. The second-order valence-corrected chi connectivity index (χ2v) is 3.64. The maximum absolute atomic E-state index is 10.1. The zero-order chi connectivity index (χ0) is 11.1. The first kappa shape index (κ1) is 9.04. The quantitative estimate of drug-likeness (QED) is 0.440. The standard InChI is InChI=1S/C14H8O2/c15-13-9-5-1-2-6-10(9)14(16)12-8-4-3-7-11(12)13/h1,4-8,15-16H. The fourth-order valence-electron chi connectivity index (χ4n) is 1.96. The normalized spacial score (nSPS) is 11.0. The van der Waals surface area contributed by atoms with Crippen molar-refractivity contribution in [2.45, 2.75) is 0 Å². The molecule has 0 unspecified atom stereocenters. The van der Waals surface area contributed by atoms with Crippen LogP contribution in [0, 0.1) is 12.1 Å². The third-order valence-corrected chi connectivity index (χ3v) is 2.75. The van der Waals surface area contributed by atoms with Crippen molar-refractivity contribution in [3.8, 4) is 11.5 Å². The highest BCUT2D eigenvalue weighted by Crippen LogP contribution is 2.40. The largest absolute Gasteiger partial charge is 0.507 e. The Bertz CT molecular complexity index is 570. The number of rotatable bonds is 0. The number of phenols is 2. The minimum Gasteiger partial charge on any atom is -0.507 e. The van der Waals surface area contributed by atoms with Gasteiger partial charge in [0.25, 0.3) is 0 Å². The Balaban J connectivity index is 2.67. The summed E-state index contributed by atoms with van der Waals surface area (Å²) >= 11 is 0. The van der Waals surface area contributed by atoms with Crippen molar-refractivity contribution >= 4 is 21.5 Å². The topological polar surface area (TPSA) is 40.5 Å². The van der Waals surface area contributed by atoms with Crippen LogP contribution in [-0.2, 0) is 0 Å². The molecule has 0 heterocycles. The molecule has 0 fully saturated rings. The Labute approximate surface area is 92.4 Å². The summed E-state index contributed by atoms with van der Waals surface area (Å²) in [6, 6.07) is 16.0. The summed E-state index contributed by atoms with van der Waals surface area (Å²) < 4.78 is 0. The van der Waals surface area contributed by atoms with E-state index < -0.39 is 0 Å². The van der Waals surface area contributed by atoms with E-state index in [9.17, 15) is 10.2 Å². The molecule has 3 rings (SSSR count). The van der Waals surface area contributed by atoms with Crippen molar-refractivity contribution in [2.75, 3.05) is 0 Å². The third-order valence-electron chi connectivity index (χ3n) is 2.75. The van der Waals surface area contributed by atoms with E-state index in [1.165, 1.54) is 0 Å². The van der Waals surface area contributed by atoms with Crippen LogP contribution in [0.4, 0.5) is 0 Å². The highest BCUT2D eigenvalue weighted by molar-refractivity contribution is 6.10. The number of phenolic OH excluding ortho intramolecular Hbond substituents is 2. The van der Waals surface area contributed by atoms with E-state index in [4.69, 9.17) is 0 Å². The van der Waals surface area contributed by atoms with Gasteiger partial charge >= 0.3 is 0 Å². The van der Waals surface area contributed by atoms with Crippen molar-refractivity contribution in [1.29, 1.82) is 0 Å². The van der Waals surface area contributed by atoms with E-state index in [0.717, 1.165) is 0 Å². The summed E-state index contributed by atoms with van der Waals surface area (Å²) in [7, 11) is 0. The SMILES string of the molecule is Oc1c2c[c]ccc2c(O)c2c[c]ccc12. The van der Waals surface area contributed by atoms with Crippen LogP contribution in [0.2, 0.25) is 0 Å². The zero-order valence-electron chi connectivity index (χ0n) is 8.36. The van der Waals surface area contributed by atoms with Crippen molar-refractivity contribution in [2.24, 2.45) is 0 Å². The highest BCUT2D eigenvalue weighted by Gasteiger charge is 2.11. The summed E-state index contributed by atoms with van der Waals surface area (Å²) in [6.45, 7) is 0. The average molecular weight is 208 g/mol. The molecule has 3 aromatic carbocycles. The van der Waals surface area contributed by atoms with Crippen molar-refractivity contribution in [3.05, 3.63) is 48.5 Å². The molecule has 0 amide bonds. The van der Waals surface area contributed by atoms with Crippen LogP contribution in [0.15, 0.2) is 36.4 Å². The first-order valence-corrected chi connectivity index (χ1v) is 4.92. The Morgan fingerprint density at radius 1 is 0.688 bits per heavy atom. The first-order valence-electron chi connectivity index (χ1n) is 4.92. The van der Waals surface area contributed by atoms with E-state index >= 15 is 0 Å². The Hall–Kier alpha value is -2.22. The van der Waals surface area contributed by atoms with Crippen LogP contribution >= 0.6 is 0 Å². The van der Waals surface area contributed by atoms with Crippen LogP contribution in [0.1, 0.15) is 0 Å². The van der Waals surface area contributed by atoms with Crippen LogP contribution in [0.3, 0.4) is 0 Å². The lowest BCUT2D eigenvalue weighted by Gasteiger charge is -2.08. The molecule has 3 aromatic rings. The molecule has 2 N–H and O–H groups in total. The van der Waals surface area contributed by atoms with E-state index in [0.29, 0.717) is 21.5 Å². The highest BCUT2D eigenvalue weighted by atomic mass is 16.3. The maximum atomic E-state index is 10.1. The molecular formula is C14H8O2. The molecule has 76 valence electrons. The summed E-state index contributed by atoms with van der Waals surface area (Å²) in [5, 5.41) is 22.7. The zero-order valence-corrected chi connectivity index (χ0v) is 8.36. The van der Waals surface area contributed by atoms with Crippen LogP contribution < -0.4 is 0 Å². The van der Waals surface area contributed by atoms with Gasteiger partial charge in [-0.1, -0.05) is 12.1 Å². The fourth-order valence-corrected chi connectivity index (χ4v) is 1.96. The molecule has 0 aliphatic rings. The Morgan fingerprint density at radius 2 is 1.12 bits per heavy atom. The summed E-state index contributed by atoms with van der Waals surface area (Å²) in [5.74, 6) is 0.349. The van der Waals surface area contributed by atoms with Crippen LogP contribution in [0.25, 0.3) is 21.5 Å². The van der Waals surface area contributed by atoms with E-state index in [1.807, 2.05) is 0 Å². The molecule has 2 nitrogen and oxygen atoms in total. The van der Waals surface area contributed by atoms with Crippen molar-refractivity contribution < 1.29 is 10.2 Å². The monoisotopic (exact) mass is 208 g/mol. The second kappa shape index (κ2) is 3.14. The predicted molar refractivity (Wildman–Crippen MR) is 62.5 cm³/mol. The van der Waals surface area contributed by atoms with Gasteiger partial charge in [-0.3, -0.25) is 0 Å². The van der Waals surface area contributed by atoms with E-state index in [-0.39, 0.29) is 11.5 Å². The van der Waals surface area contributed by atoms with Crippen molar-refractivity contribution in [3.63, 3.8) is 0 Å². The lowest BCUT2D eigenvalue weighted by molar-refractivity contribution is 0.478. The van der Waals surface area contributed by atoms with Gasteiger partial charge in [0.05, 0.1) is 0 Å². The van der Waals surface area contributed by atoms with E-state index in [2.05, 4.69) is 12.1 Å². The molecule has 0 bridgehead atoms. The summed E-state index contributed by atoms with van der Waals surface area (Å²) in [6.07, 6.45) is 0. The maximum Gasteiger partial charge on any atom is 0.131 e. The van der Waals surface area contributed by atoms with Crippen LogP contribution in [-0.4, -0.2) is 10.2 Å². The lowest BCUT2D eigenvalue weighted by atomic mass is 10.0. The van der Waals surface area contributed by atoms with Gasteiger partial charge in [0.1, 0.15) is 11.5 Å². The average Bonchev–Trinajstić information content (AvgIpc) is 2.36. The number of benzene rings is 3. The molecular weight excluding hydrogens is 200 g/mol. The minimum absolute atomic E-state index is 0.175. The second-order valence-electron chi connectivity index (χ2n) is 3.64. The molecule has 0 atom stereocenters. The molecule has 0 spiro atoms. The van der Waals surface area contributed by atoms with Gasteiger partial charge in [-0.2, -0.15) is 0 Å². The van der Waals surface area contributed by atoms with Gasteiger partial charge in [0, 0.05) is 21.5 Å². The first-order chi connectivity index (χ1) is 7.79. The van der Waals surface area contributed by atoms with Gasteiger partial charge in [-0.25, -0.2) is 0 Å². The summed E-state index contributed by atoms with van der Waals surface area (Å²) in [5.41, 5.74) is 0. The molecule has 16 heavy (non-hydrogen) atoms. The van der Waals surface area contributed by atoms with Gasteiger partial charge in [-0.05, 0) is 36.4 Å². The molecule has 0 aliphatic carbocycles. The molecule has 2 radical (unpaired) electrons. The molecule has 0 aromatic heterocycles. The molecule has 2 heteroatoms. The fraction of sp³-hybridized carbons (Fsp3) is 0. The predicted octanol–water partition coefficient (Wildman–Crippen LogP) is 3.00. The third kappa shape index (κ3) is 1.07. The van der Waals surface area contributed by atoms with Crippen molar-refractivity contribution in [1.82, 2.24) is 0 Å². The number of hydrogen-bond acceptors (Lipinski definition) is 2. The minimum atomic E-state index is 0.175. The van der Waals surface area contributed by atoms with Gasteiger partial charge in [0.2, 0.25) is 0 Å². The molecule has 0 saturated carbocycles. The number of fused-ring (bicyclic) bond motifs is 2. The van der Waals surface area contributed by atoms with Crippen LogP contribution in [0.5, 0.6) is 11.5 Å². The molecule has 0 aliphatic heterocycles. The Kier molecular flexibility index (Phi) is 1.77. The summed E-state index contributed by atoms with van der Waals surface area (Å²) in [4.78, 5) is 0. The van der Waals surface area contributed by atoms with Gasteiger partial charge < -0.3 is 10.2 Å². The van der Waals surface area contributed by atoms with Gasteiger partial charge in [-0.15, -0.1) is 0 Å². The number of hydrogen-bond donors (Lipinski definition) is 2. The van der Waals surface area contributed by atoms with E-state index in [1.54, 1.807) is 36.4 Å². The lowest BCUT2D eigenvalue weighted by Crippen LogP contribution is -1.80. The number of aromatic hydroxyl groups is 2. The smallest absolute Gasteiger partial charge is 0.131 e. The van der Waals surface area contributed by atoms with Gasteiger partial charge in [0.15, 0.2) is 0 Å². The molecule has 0 saturated heterocycles.